The highest BCUT2D eigenvalue weighted by atomic mass is 16.5. The average Bonchev–Trinajstić information content (AvgIpc) is 3.31. The summed E-state index contributed by atoms with van der Waals surface area (Å²) in [5.74, 6) is 2.66. The lowest BCUT2D eigenvalue weighted by Gasteiger charge is -2.12. The van der Waals surface area contributed by atoms with Gasteiger partial charge in [0.05, 0.1) is 24.8 Å². The molecule has 1 N–H and O–H groups in total. The summed E-state index contributed by atoms with van der Waals surface area (Å²) in [7, 11) is 1.60. The third-order valence-electron chi connectivity index (χ3n) is 6.55. The minimum absolute atomic E-state index is 0.0694. The first-order chi connectivity index (χ1) is 18.7. The Kier molecular flexibility index (Phi) is 9.96. The summed E-state index contributed by atoms with van der Waals surface area (Å²) in [5.41, 5.74) is 3.98. The number of hydrogen-bond donors (Lipinski definition) is 1. The van der Waals surface area contributed by atoms with E-state index in [4.69, 9.17) is 14.5 Å². The molecule has 4 aromatic rings. The van der Waals surface area contributed by atoms with Gasteiger partial charge in [-0.25, -0.2) is 4.98 Å². The molecule has 0 spiro atoms. The average molecular weight is 512 g/mol. The first-order valence-electron chi connectivity index (χ1n) is 13.4. The molecule has 1 amide bonds. The third kappa shape index (κ3) is 7.25. The summed E-state index contributed by atoms with van der Waals surface area (Å²) in [6.07, 6.45) is 7.47. The van der Waals surface area contributed by atoms with Gasteiger partial charge in [-0.2, -0.15) is 0 Å². The zero-order chi connectivity index (χ0) is 26.6. The van der Waals surface area contributed by atoms with Crippen LogP contribution in [0.15, 0.2) is 85.5 Å². The molecule has 0 aliphatic rings. The van der Waals surface area contributed by atoms with E-state index in [1.54, 1.807) is 19.2 Å². The van der Waals surface area contributed by atoms with Crippen molar-refractivity contribution in [2.45, 2.75) is 45.1 Å². The number of aryl methyl sites for hydroxylation is 2. The van der Waals surface area contributed by atoms with Crippen LogP contribution in [0.2, 0.25) is 0 Å². The first-order valence-corrected chi connectivity index (χ1v) is 13.4. The number of carbonyl (C=O) groups is 1. The number of unbranched alkanes of at least 4 members (excludes halogenated alkanes) is 2. The van der Waals surface area contributed by atoms with Gasteiger partial charge in [-0.05, 0) is 67.6 Å². The van der Waals surface area contributed by atoms with E-state index in [9.17, 15) is 4.79 Å². The van der Waals surface area contributed by atoms with Crippen LogP contribution < -0.4 is 14.8 Å². The van der Waals surface area contributed by atoms with Crippen molar-refractivity contribution in [2.24, 2.45) is 0 Å². The molecular weight excluding hydrogens is 474 g/mol. The molecule has 4 rings (SSSR count). The smallest absolute Gasteiger partial charge is 0.251 e. The molecule has 0 saturated heterocycles. The monoisotopic (exact) mass is 511 g/mol. The van der Waals surface area contributed by atoms with E-state index in [0.717, 1.165) is 67.7 Å². The Labute approximate surface area is 225 Å². The molecule has 0 aliphatic heterocycles. The number of methoxy groups -OCH3 is 1. The lowest BCUT2D eigenvalue weighted by atomic mass is 10.1. The Bertz CT molecular complexity index is 1340. The van der Waals surface area contributed by atoms with Crippen LogP contribution in [0, 0.1) is 0 Å². The maximum absolute atomic E-state index is 12.4. The molecule has 0 saturated carbocycles. The number of para-hydroxylation sites is 3. The van der Waals surface area contributed by atoms with Gasteiger partial charge in [-0.3, -0.25) is 4.79 Å². The highest BCUT2D eigenvalue weighted by molar-refractivity contribution is 5.94. The fourth-order valence-corrected chi connectivity index (χ4v) is 4.59. The molecule has 1 heterocycles. The minimum atomic E-state index is -0.0694. The summed E-state index contributed by atoms with van der Waals surface area (Å²) >= 11 is 0. The van der Waals surface area contributed by atoms with Gasteiger partial charge in [0.25, 0.3) is 5.91 Å². The second-order valence-electron chi connectivity index (χ2n) is 9.27. The summed E-state index contributed by atoms with van der Waals surface area (Å²) < 4.78 is 13.6. The number of benzene rings is 3. The van der Waals surface area contributed by atoms with Crippen molar-refractivity contribution in [3.63, 3.8) is 0 Å². The van der Waals surface area contributed by atoms with E-state index >= 15 is 0 Å². The van der Waals surface area contributed by atoms with Crippen molar-refractivity contribution in [1.82, 2.24) is 14.9 Å². The topological polar surface area (TPSA) is 65.4 Å². The predicted octanol–water partition coefficient (Wildman–Crippen LogP) is 6.39. The molecule has 0 fully saturated rings. The summed E-state index contributed by atoms with van der Waals surface area (Å²) in [6.45, 7) is 6.00. The van der Waals surface area contributed by atoms with Crippen molar-refractivity contribution < 1.29 is 14.3 Å². The van der Waals surface area contributed by atoms with Crippen LogP contribution >= 0.6 is 0 Å². The van der Waals surface area contributed by atoms with Crippen LogP contribution in [0.3, 0.4) is 0 Å². The van der Waals surface area contributed by atoms with Crippen molar-refractivity contribution in [1.29, 1.82) is 0 Å². The van der Waals surface area contributed by atoms with Crippen LogP contribution in [0.25, 0.3) is 11.0 Å². The molecule has 1 aromatic heterocycles. The normalized spacial score (nSPS) is 10.9. The van der Waals surface area contributed by atoms with Gasteiger partial charge in [-0.1, -0.05) is 48.9 Å². The zero-order valence-corrected chi connectivity index (χ0v) is 22.2. The molecule has 0 radical (unpaired) electrons. The number of allylic oxidation sites excluding steroid dienone is 1. The fourth-order valence-electron chi connectivity index (χ4n) is 4.59. The molecule has 0 unspecified atom stereocenters. The number of fused-ring (bicyclic) bond motifs is 1. The van der Waals surface area contributed by atoms with Gasteiger partial charge < -0.3 is 19.4 Å². The van der Waals surface area contributed by atoms with Crippen molar-refractivity contribution in [2.75, 3.05) is 20.3 Å². The standard InChI is InChI=1S/C32H37N3O3/c1-3-13-25-14-6-9-19-30(25)38-23-12-22-35-29-18-8-7-17-28(29)34-31(35)20-5-4-10-21-33-32(36)26-15-11-16-27(24-26)37-2/h3,6-9,11,14-19,24H,1,4-5,10,12-13,20-23H2,2H3,(H,33,36). The Hall–Kier alpha value is -4.06. The number of aromatic nitrogens is 2. The maximum atomic E-state index is 12.4. The van der Waals surface area contributed by atoms with E-state index < -0.39 is 0 Å². The van der Waals surface area contributed by atoms with Crippen molar-refractivity contribution in [3.8, 4) is 11.5 Å². The molecule has 6 nitrogen and oxygen atoms in total. The molecule has 0 bridgehead atoms. The van der Waals surface area contributed by atoms with Gasteiger partial charge >= 0.3 is 0 Å². The van der Waals surface area contributed by atoms with E-state index in [1.165, 1.54) is 5.52 Å². The Morgan fingerprint density at radius 3 is 2.71 bits per heavy atom. The molecule has 198 valence electrons. The summed E-state index contributed by atoms with van der Waals surface area (Å²) in [6, 6.07) is 23.7. The largest absolute Gasteiger partial charge is 0.497 e. The number of nitrogens with zero attached hydrogens (tertiary/aromatic N) is 2. The van der Waals surface area contributed by atoms with Gasteiger partial charge in [-0.15, -0.1) is 6.58 Å². The van der Waals surface area contributed by atoms with Gasteiger partial charge in [0, 0.05) is 25.1 Å². The molecule has 6 heteroatoms. The van der Waals surface area contributed by atoms with E-state index in [0.29, 0.717) is 24.5 Å². The highest BCUT2D eigenvalue weighted by Gasteiger charge is 2.11. The number of ether oxygens (including phenoxy) is 2. The van der Waals surface area contributed by atoms with Crippen LogP contribution in [0.5, 0.6) is 11.5 Å². The van der Waals surface area contributed by atoms with Gasteiger partial charge in [0.1, 0.15) is 17.3 Å². The lowest BCUT2D eigenvalue weighted by molar-refractivity contribution is 0.0952. The van der Waals surface area contributed by atoms with E-state index in [2.05, 4.69) is 40.7 Å². The minimum Gasteiger partial charge on any atom is -0.497 e. The summed E-state index contributed by atoms with van der Waals surface area (Å²) in [4.78, 5) is 17.3. The second kappa shape index (κ2) is 14.0. The third-order valence-corrected chi connectivity index (χ3v) is 6.55. The molecule has 38 heavy (non-hydrogen) atoms. The van der Waals surface area contributed by atoms with Gasteiger partial charge in [0.15, 0.2) is 0 Å². The number of amides is 1. The SMILES string of the molecule is C=CCc1ccccc1OCCCn1c(CCCCCNC(=O)c2cccc(OC)c2)nc2ccccc21. The molecule has 0 atom stereocenters. The number of imidazole rings is 1. The fraction of sp³-hybridized carbons (Fsp3) is 0.312. The molecule has 0 aliphatic carbocycles. The molecular formula is C32H37N3O3. The highest BCUT2D eigenvalue weighted by Crippen LogP contribution is 2.21. The summed E-state index contributed by atoms with van der Waals surface area (Å²) in [5, 5.41) is 3.01. The number of nitrogens with one attached hydrogen (secondary N) is 1. The van der Waals surface area contributed by atoms with E-state index in [1.807, 2.05) is 42.5 Å². The van der Waals surface area contributed by atoms with Crippen LogP contribution in [-0.4, -0.2) is 35.7 Å². The van der Waals surface area contributed by atoms with E-state index in [-0.39, 0.29) is 5.91 Å². The van der Waals surface area contributed by atoms with Crippen LogP contribution in [0.1, 0.15) is 47.4 Å². The quantitative estimate of drug-likeness (QED) is 0.148. The maximum Gasteiger partial charge on any atom is 0.251 e. The van der Waals surface area contributed by atoms with Crippen molar-refractivity contribution >= 4 is 16.9 Å². The second-order valence-corrected chi connectivity index (χ2v) is 9.27. The Balaban J connectivity index is 1.25. The first kappa shape index (κ1) is 27.0. The number of carbonyl (C=O) groups excluding carboxylic acids is 1. The van der Waals surface area contributed by atoms with Crippen LogP contribution in [-0.2, 0) is 19.4 Å². The Morgan fingerprint density at radius 2 is 1.84 bits per heavy atom. The zero-order valence-electron chi connectivity index (χ0n) is 22.2. The molecule has 3 aromatic carbocycles. The van der Waals surface area contributed by atoms with Gasteiger partial charge in [0.2, 0.25) is 0 Å². The van der Waals surface area contributed by atoms with Crippen molar-refractivity contribution in [3.05, 3.63) is 102 Å². The number of rotatable bonds is 15. The lowest BCUT2D eigenvalue weighted by Crippen LogP contribution is -2.24. The number of hydrogen-bond acceptors (Lipinski definition) is 4. The predicted molar refractivity (Wildman–Crippen MR) is 153 cm³/mol. The Morgan fingerprint density at radius 1 is 1.00 bits per heavy atom. The van der Waals surface area contributed by atoms with Crippen LogP contribution in [0.4, 0.5) is 0 Å².